The first-order valence-electron chi connectivity index (χ1n) is 17.2. The maximum atomic E-state index is 13.6. The Hall–Kier alpha value is -2.77. The van der Waals surface area contributed by atoms with Gasteiger partial charge in [-0.2, -0.15) is 0 Å². The van der Waals surface area contributed by atoms with Gasteiger partial charge in [-0.25, -0.2) is 9.59 Å². The van der Waals surface area contributed by atoms with E-state index in [1.165, 1.54) is 4.90 Å². The molecule has 3 rings (SSSR count). The molecule has 0 radical (unpaired) electrons. The summed E-state index contributed by atoms with van der Waals surface area (Å²) in [4.78, 5) is 40.4. The van der Waals surface area contributed by atoms with E-state index in [2.05, 4.69) is 16.0 Å². The van der Waals surface area contributed by atoms with Gasteiger partial charge >= 0.3 is 12.2 Å². The monoisotopic (exact) mass is 718 g/mol. The second kappa shape index (κ2) is 17.6. The standard InChI is InChI=1S/C33H58N4O13/c1-9-22(39)27(45-14-13-38)48-26-20(35-28(41)33(44)17-37(18-33)30(43)50-32(5,6)7)15-21(36-29(42)49-31(2,3)4)25(24(26)40)47-23-12-10-11-19(46-23)16-34-8/h11,20-27,34,38-40,44H,9-10,12-18H2,1-8H3,(H,35,41)(H,36,42)/t20-,21+,22-,23-,24+,25-,26+,27-/m1/s1. The van der Waals surface area contributed by atoms with Gasteiger partial charge in [-0.3, -0.25) is 4.79 Å². The van der Waals surface area contributed by atoms with E-state index in [1.807, 2.05) is 6.08 Å². The first-order valence-corrected chi connectivity index (χ1v) is 17.2. The van der Waals surface area contributed by atoms with Crippen LogP contribution < -0.4 is 16.0 Å². The number of ether oxygens (including phenoxy) is 6. The van der Waals surface area contributed by atoms with Crippen molar-refractivity contribution >= 4 is 18.1 Å². The fourth-order valence-corrected chi connectivity index (χ4v) is 5.76. The molecule has 17 nitrogen and oxygen atoms in total. The second-order valence-corrected chi connectivity index (χ2v) is 14.9. The van der Waals surface area contributed by atoms with Crippen LogP contribution in [0, 0.1) is 0 Å². The molecule has 0 bridgehead atoms. The lowest BCUT2D eigenvalue weighted by Crippen LogP contribution is -2.73. The molecule has 0 aromatic rings. The fourth-order valence-electron chi connectivity index (χ4n) is 5.76. The summed E-state index contributed by atoms with van der Waals surface area (Å²) in [6, 6.07) is -2.08. The van der Waals surface area contributed by atoms with Crippen LogP contribution in [0.5, 0.6) is 0 Å². The summed E-state index contributed by atoms with van der Waals surface area (Å²) >= 11 is 0. The zero-order valence-electron chi connectivity index (χ0n) is 30.5. The van der Waals surface area contributed by atoms with E-state index in [0.717, 1.165) is 0 Å². The SMILES string of the molecule is CC[C@@H](O)[C@H](OCCO)O[C@@H]1[C@@H](O)[C@H](O[C@@H]2CCC=C(CNC)O2)[C@@H](NC(=O)OC(C)(C)C)C[C@H]1NC(=O)C1(O)CN(C(=O)OC(C)(C)C)C1. The van der Waals surface area contributed by atoms with Gasteiger partial charge in [0.2, 0.25) is 0 Å². The van der Waals surface area contributed by atoms with Crippen molar-refractivity contribution in [3.63, 3.8) is 0 Å². The fraction of sp³-hybridized carbons (Fsp3) is 0.848. The number of aliphatic hydroxyl groups excluding tert-OH is 3. The summed E-state index contributed by atoms with van der Waals surface area (Å²) in [6.07, 6.45) is -5.81. The van der Waals surface area contributed by atoms with Crippen molar-refractivity contribution < 1.29 is 63.2 Å². The lowest BCUT2D eigenvalue weighted by molar-refractivity contribution is -0.271. The molecule has 2 aliphatic heterocycles. The van der Waals surface area contributed by atoms with Crippen molar-refractivity contribution in [2.45, 2.75) is 140 Å². The number of allylic oxidation sites excluding steroid dienone is 1. The molecular weight excluding hydrogens is 660 g/mol. The van der Waals surface area contributed by atoms with Crippen LogP contribution in [0.4, 0.5) is 9.59 Å². The van der Waals surface area contributed by atoms with Crippen LogP contribution >= 0.6 is 0 Å². The summed E-state index contributed by atoms with van der Waals surface area (Å²) < 4.78 is 34.9. The van der Waals surface area contributed by atoms with Gasteiger partial charge in [0, 0.05) is 6.42 Å². The minimum atomic E-state index is -1.99. The van der Waals surface area contributed by atoms with E-state index in [1.54, 1.807) is 55.5 Å². The van der Waals surface area contributed by atoms with Crippen molar-refractivity contribution in [3.8, 4) is 0 Å². The van der Waals surface area contributed by atoms with Gasteiger partial charge in [0.15, 0.2) is 18.2 Å². The number of β-amino-alcohol motifs (C(OH)–C–C–N with tert-alkyl or cyclic N) is 1. The number of alkyl carbamates (subject to hydrolysis) is 1. The minimum Gasteiger partial charge on any atom is -0.468 e. The Balaban J connectivity index is 1.92. The lowest BCUT2D eigenvalue weighted by Gasteiger charge is -2.49. The molecule has 1 saturated carbocycles. The van der Waals surface area contributed by atoms with Crippen molar-refractivity contribution in [1.82, 2.24) is 20.9 Å². The van der Waals surface area contributed by atoms with Crippen LogP contribution in [0.15, 0.2) is 11.8 Å². The summed E-state index contributed by atoms with van der Waals surface area (Å²) in [5.74, 6) is -0.221. The quantitative estimate of drug-likeness (QED) is 0.119. The topological polar surface area (TPSA) is 227 Å². The Kier molecular flexibility index (Phi) is 14.7. The van der Waals surface area contributed by atoms with E-state index in [4.69, 9.17) is 28.4 Å². The molecule has 0 aromatic heterocycles. The molecule has 0 unspecified atom stereocenters. The van der Waals surface area contributed by atoms with Gasteiger partial charge in [-0.1, -0.05) is 6.92 Å². The highest BCUT2D eigenvalue weighted by molar-refractivity contribution is 5.89. The van der Waals surface area contributed by atoms with E-state index in [-0.39, 0.29) is 39.1 Å². The van der Waals surface area contributed by atoms with Gasteiger partial charge in [-0.15, -0.1) is 0 Å². The zero-order valence-corrected chi connectivity index (χ0v) is 30.5. The van der Waals surface area contributed by atoms with Crippen molar-refractivity contribution in [2.24, 2.45) is 0 Å². The summed E-state index contributed by atoms with van der Waals surface area (Å²) in [5, 5.41) is 51.8. The molecule has 0 spiro atoms. The lowest BCUT2D eigenvalue weighted by atomic mass is 9.82. The molecule has 17 heteroatoms. The van der Waals surface area contributed by atoms with Gasteiger partial charge in [0.1, 0.15) is 41.4 Å². The molecule has 2 heterocycles. The summed E-state index contributed by atoms with van der Waals surface area (Å²) in [5.41, 5.74) is -3.63. The number of likely N-dealkylation sites (tertiary alicyclic amines) is 1. The molecule has 7 N–H and O–H groups in total. The first kappa shape index (κ1) is 41.6. The maximum absolute atomic E-state index is 13.6. The molecule has 8 atom stereocenters. The average Bonchev–Trinajstić information content (AvgIpc) is 2.99. The van der Waals surface area contributed by atoms with E-state index >= 15 is 0 Å². The Morgan fingerprint density at radius 1 is 1.06 bits per heavy atom. The Morgan fingerprint density at radius 2 is 1.70 bits per heavy atom. The minimum absolute atomic E-state index is 0.0931. The highest BCUT2D eigenvalue weighted by Crippen LogP contribution is 2.32. The van der Waals surface area contributed by atoms with E-state index in [0.29, 0.717) is 25.1 Å². The Bertz CT molecular complexity index is 1170. The molecule has 1 saturated heterocycles. The largest absolute Gasteiger partial charge is 0.468 e. The number of nitrogens with zero attached hydrogens (tertiary/aromatic N) is 1. The maximum Gasteiger partial charge on any atom is 0.410 e. The van der Waals surface area contributed by atoms with Crippen LogP contribution in [-0.4, -0.2) is 149 Å². The normalized spacial score (nSPS) is 27.9. The third-order valence-electron chi connectivity index (χ3n) is 8.09. The number of aliphatic hydroxyl groups is 4. The predicted octanol–water partition coefficient (Wildman–Crippen LogP) is 0.227. The zero-order chi connectivity index (χ0) is 37.4. The summed E-state index contributed by atoms with van der Waals surface area (Å²) in [7, 11) is 1.77. The van der Waals surface area contributed by atoms with Crippen molar-refractivity contribution in [1.29, 1.82) is 0 Å². The number of carbonyl (C=O) groups is 3. The average molecular weight is 719 g/mol. The predicted molar refractivity (Wildman–Crippen MR) is 177 cm³/mol. The third kappa shape index (κ3) is 11.9. The number of hydrogen-bond donors (Lipinski definition) is 7. The second-order valence-electron chi connectivity index (χ2n) is 14.9. The van der Waals surface area contributed by atoms with Gasteiger partial charge in [-0.05, 0) is 73.9 Å². The van der Waals surface area contributed by atoms with Gasteiger partial charge < -0.3 is 69.7 Å². The van der Waals surface area contributed by atoms with E-state index < -0.39 is 84.0 Å². The first-order chi connectivity index (χ1) is 23.3. The number of carbonyl (C=O) groups excluding carboxylic acids is 3. The number of likely N-dealkylation sites (N-methyl/N-ethyl adjacent to an activating group) is 1. The van der Waals surface area contributed by atoms with Gasteiger partial charge in [0.25, 0.3) is 5.91 Å². The van der Waals surface area contributed by atoms with Crippen molar-refractivity contribution in [2.75, 3.05) is 39.9 Å². The Labute approximate surface area is 293 Å². The highest BCUT2D eigenvalue weighted by Gasteiger charge is 2.54. The van der Waals surface area contributed by atoms with Crippen LogP contribution in [-0.2, 0) is 33.2 Å². The number of nitrogens with one attached hydrogen (secondary N) is 3. The van der Waals surface area contributed by atoms with Crippen LogP contribution in [0.25, 0.3) is 0 Å². The van der Waals surface area contributed by atoms with Crippen LogP contribution in [0.2, 0.25) is 0 Å². The molecule has 2 fully saturated rings. The smallest absolute Gasteiger partial charge is 0.410 e. The van der Waals surface area contributed by atoms with Gasteiger partial charge in [0.05, 0.1) is 44.9 Å². The molecule has 1 aliphatic carbocycles. The number of hydrogen-bond acceptors (Lipinski definition) is 14. The van der Waals surface area contributed by atoms with Crippen LogP contribution in [0.3, 0.4) is 0 Å². The Morgan fingerprint density at radius 3 is 2.28 bits per heavy atom. The molecule has 3 amide bonds. The summed E-state index contributed by atoms with van der Waals surface area (Å²) in [6.45, 7) is 11.0. The van der Waals surface area contributed by atoms with Crippen molar-refractivity contribution in [3.05, 3.63) is 11.8 Å². The third-order valence-corrected chi connectivity index (χ3v) is 8.09. The molecular formula is C33H58N4O13. The molecule has 0 aromatic carbocycles. The van der Waals surface area contributed by atoms with E-state index in [9.17, 15) is 34.8 Å². The molecule has 288 valence electrons. The van der Waals surface area contributed by atoms with Crippen LogP contribution in [0.1, 0.15) is 74.1 Å². The molecule has 50 heavy (non-hydrogen) atoms. The number of rotatable bonds is 14. The number of amides is 3. The highest BCUT2D eigenvalue weighted by atomic mass is 16.7. The molecule has 3 aliphatic rings.